The molecule has 43 heavy (non-hydrogen) atoms. The van der Waals surface area contributed by atoms with Crippen LogP contribution in [0.2, 0.25) is 0 Å². The number of likely N-dealkylation sites (N-methyl/N-ethyl adjacent to an activating group) is 1. The summed E-state index contributed by atoms with van der Waals surface area (Å²) in [4.78, 5) is 45.3. The summed E-state index contributed by atoms with van der Waals surface area (Å²) in [6.45, 7) is 2.52. The number of amides is 4. The van der Waals surface area contributed by atoms with Crippen molar-refractivity contribution >= 4 is 28.6 Å². The molecule has 9 nitrogen and oxygen atoms in total. The molecule has 2 aliphatic rings. The molecule has 0 spiro atoms. The van der Waals surface area contributed by atoms with Crippen molar-refractivity contribution in [2.45, 2.75) is 44.7 Å². The number of hydrogen-bond donors (Lipinski definition) is 2. The van der Waals surface area contributed by atoms with Crippen molar-refractivity contribution in [2.75, 3.05) is 13.6 Å². The molecule has 0 aromatic heterocycles. The fraction of sp³-hybridized carbons (Fsp3) is 0.265. The summed E-state index contributed by atoms with van der Waals surface area (Å²) in [5.74, 6) is -0.263. The van der Waals surface area contributed by atoms with Crippen LogP contribution in [-0.4, -0.2) is 74.6 Å². The maximum atomic E-state index is 14.4. The van der Waals surface area contributed by atoms with Crippen LogP contribution in [0.1, 0.15) is 23.6 Å². The highest BCUT2D eigenvalue weighted by Crippen LogP contribution is 2.33. The van der Waals surface area contributed by atoms with Gasteiger partial charge in [0.25, 0.3) is 0 Å². The van der Waals surface area contributed by atoms with Crippen molar-refractivity contribution in [1.82, 2.24) is 25.1 Å². The zero-order valence-electron chi connectivity index (χ0n) is 24.3. The summed E-state index contributed by atoms with van der Waals surface area (Å²) in [5.41, 5.74) is 2.75. The summed E-state index contributed by atoms with van der Waals surface area (Å²) in [6, 6.07) is 28.8. The number of benzene rings is 4. The normalized spacial score (nSPS) is 20.8. The molecule has 2 heterocycles. The van der Waals surface area contributed by atoms with E-state index in [-0.39, 0.29) is 36.6 Å². The zero-order chi connectivity index (χ0) is 30.1. The summed E-state index contributed by atoms with van der Waals surface area (Å²) in [7, 11) is 1.73. The molecule has 0 aliphatic carbocycles. The van der Waals surface area contributed by atoms with Crippen molar-refractivity contribution in [2.24, 2.45) is 0 Å². The van der Waals surface area contributed by atoms with Crippen molar-refractivity contribution in [3.8, 4) is 5.75 Å². The Balaban J connectivity index is 1.38. The molecule has 6 rings (SSSR count). The van der Waals surface area contributed by atoms with Crippen LogP contribution in [0.25, 0.3) is 10.8 Å². The molecule has 4 aromatic rings. The third-order valence-corrected chi connectivity index (χ3v) is 8.46. The second-order valence-corrected chi connectivity index (χ2v) is 11.3. The highest BCUT2D eigenvalue weighted by molar-refractivity contribution is 5.92. The van der Waals surface area contributed by atoms with E-state index in [1.165, 1.54) is 0 Å². The predicted octanol–water partition coefficient (Wildman–Crippen LogP) is 4.11. The average Bonchev–Trinajstić information content (AvgIpc) is 3.01. The van der Waals surface area contributed by atoms with Crippen molar-refractivity contribution in [1.29, 1.82) is 0 Å². The number of phenols is 1. The van der Waals surface area contributed by atoms with Gasteiger partial charge in [0.05, 0.1) is 12.6 Å². The van der Waals surface area contributed by atoms with Crippen LogP contribution >= 0.6 is 0 Å². The van der Waals surface area contributed by atoms with Crippen LogP contribution in [0.5, 0.6) is 5.75 Å². The Morgan fingerprint density at radius 3 is 2.35 bits per heavy atom. The van der Waals surface area contributed by atoms with Crippen LogP contribution in [0.15, 0.2) is 97.1 Å². The summed E-state index contributed by atoms with van der Waals surface area (Å²) in [6.07, 6.45) is -0.472. The molecule has 4 amide bonds. The first-order chi connectivity index (χ1) is 20.8. The molecular formula is C34H35N5O4. The van der Waals surface area contributed by atoms with E-state index in [0.717, 1.165) is 27.5 Å². The number of carbonyl (C=O) groups excluding carboxylic acids is 3. The molecule has 2 aliphatic heterocycles. The van der Waals surface area contributed by atoms with Gasteiger partial charge in [-0.3, -0.25) is 9.59 Å². The van der Waals surface area contributed by atoms with E-state index in [0.29, 0.717) is 13.1 Å². The molecule has 4 aromatic carbocycles. The maximum Gasteiger partial charge on any atom is 0.334 e. The zero-order valence-corrected chi connectivity index (χ0v) is 24.3. The lowest BCUT2D eigenvalue weighted by molar-refractivity contribution is -0.196. The van der Waals surface area contributed by atoms with E-state index in [9.17, 15) is 19.5 Å². The number of aromatic hydroxyl groups is 1. The fourth-order valence-corrected chi connectivity index (χ4v) is 6.29. The number of fused-ring (bicyclic) bond motifs is 2. The molecule has 3 atom stereocenters. The number of hydrogen-bond acceptors (Lipinski definition) is 5. The quantitative estimate of drug-likeness (QED) is 0.360. The standard InChI is InChI=1S/C34H35N5O4/c1-23-32-38(31(41)22-36(2)39(32)34(43)35-20-25-9-4-3-5-10-25)30(19-24-15-17-28(40)18-16-24)33(42)37(23)21-27-13-8-12-26-11-6-7-14-29(26)27/h3-18,23,30,32,40H,19-22H2,1-2H3,(H,35,43)/t23-,30+,32+/m1/s1. The Labute approximate surface area is 250 Å². The Kier molecular flexibility index (Phi) is 7.73. The molecule has 2 N–H and O–H groups in total. The minimum absolute atomic E-state index is 0.0370. The Hall–Kier alpha value is -4.89. The van der Waals surface area contributed by atoms with Gasteiger partial charge in [0, 0.05) is 26.6 Å². The Morgan fingerprint density at radius 2 is 1.58 bits per heavy atom. The van der Waals surface area contributed by atoms with Crippen LogP contribution in [0.3, 0.4) is 0 Å². The van der Waals surface area contributed by atoms with Gasteiger partial charge in [0.15, 0.2) is 0 Å². The van der Waals surface area contributed by atoms with Gasteiger partial charge < -0.3 is 20.2 Å². The summed E-state index contributed by atoms with van der Waals surface area (Å²) >= 11 is 0. The second-order valence-electron chi connectivity index (χ2n) is 11.3. The Bertz CT molecular complexity index is 1640. The van der Waals surface area contributed by atoms with Gasteiger partial charge in [-0.2, -0.15) is 0 Å². The average molecular weight is 578 g/mol. The van der Waals surface area contributed by atoms with Crippen LogP contribution in [0.4, 0.5) is 4.79 Å². The number of carbonyl (C=O) groups is 3. The molecule has 2 fully saturated rings. The highest BCUT2D eigenvalue weighted by Gasteiger charge is 2.54. The van der Waals surface area contributed by atoms with Gasteiger partial charge in [-0.05, 0) is 46.5 Å². The number of rotatable bonds is 6. The van der Waals surface area contributed by atoms with Crippen molar-refractivity contribution in [3.63, 3.8) is 0 Å². The summed E-state index contributed by atoms with van der Waals surface area (Å²) < 4.78 is 0. The number of phenolic OH excluding ortho intramolecular Hbond substituents is 1. The predicted molar refractivity (Wildman–Crippen MR) is 163 cm³/mol. The lowest BCUT2D eigenvalue weighted by Crippen LogP contribution is -2.78. The first kappa shape index (κ1) is 28.2. The molecule has 0 bridgehead atoms. The molecule has 220 valence electrons. The third-order valence-electron chi connectivity index (χ3n) is 8.46. The first-order valence-corrected chi connectivity index (χ1v) is 14.5. The smallest absolute Gasteiger partial charge is 0.334 e. The van der Waals surface area contributed by atoms with E-state index in [2.05, 4.69) is 5.32 Å². The number of hydrazine groups is 1. The number of nitrogens with zero attached hydrogens (tertiary/aromatic N) is 4. The third kappa shape index (κ3) is 5.51. The highest BCUT2D eigenvalue weighted by atomic mass is 16.3. The van der Waals surface area contributed by atoms with Gasteiger partial charge in [-0.15, -0.1) is 0 Å². The monoisotopic (exact) mass is 577 g/mol. The van der Waals surface area contributed by atoms with Gasteiger partial charge in [0.2, 0.25) is 11.8 Å². The second kappa shape index (κ2) is 11.8. The maximum absolute atomic E-state index is 14.4. The number of urea groups is 1. The van der Waals surface area contributed by atoms with E-state index in [4.69, 9.17) is 0 Å². The molecular weight excluding hydrogens is 542 g/mol. The number of nitrogens with one attached hydrogen (secondary N) is 1. The largest absolute Gasteiger partial charge is 0.508 e. The molecule has 0 saturated carbocycles. The van der Waals surface area contributed by atoms with E-state index < -0.39 is 18.2 Å². The lowest BCUT2D eigenvalue weighted by Gasteiger charge is -2.57. The minimum atomic E-state index is -0.827. The topological polar surface area (TPSA) is 96.4 Å². The van der Waals surface area contributed by atoms with Gasteiger partial charge in [-0.1, -0.05) is 84.9 Å². The Morgan fingerprint density at radius 1 is 0.884 bits per heavy atom. The molecule has 0 unspecified atom stereocenters. The van der Waals surface area contributed by atoms with Crippen LogP contribution in [-0.2, 0) is 29.1 Å². The number of piperazine rings is 1. The fourth-order valence-electron chi connectivity index (χ4n) is 6.29. The van der Waals surface area contributed by atoms with Gasteiger partial charge in [0.1, 0.15) is 18.0 Å². The van der Waals surface area contributed by atoms with Crippen LogP contribution < -0.4 is 5.32 Å². The molecule has 9 heteroatoms. The van der Waals surface area contributed by atoms with Crippen molar-refractivity contribution in [3.05, 3.63) is 114 Å². The summed E-state index contributed by atoms with van der Waals surface area (Å²) in [5, 5.41) is 18.2. The minimum Gasteiger partial charge on any atom is -0.508 e. The van der Waals surface area contributed by atoms with Crippen LogP contribution in [0, 0.1) is 0 Å². The van der Waals surface area contributed by atoms with E-state index in [1.807, 2.05) is 79.7 Å². The first-order valence-electron chi connectivity index (χ1n) is 14.5. The van der Waals surface area contributed by atoms with Gasteiger partial charge in [-0.25, -0.2) is 14.8 Å². The molecule has 0 radical (unpaired) electrons. The van der Waals surface area contributed by atoms with E-state index >= 15 is 0 Å². The lowest BCUT2D eigenvalue weighted by atomic mass is 9.94. The molecule has 2 saturated heterocycles. The van der Waals surface area contributed by atoms with Gasteiger partial charge >= 0.3 is 6.03 Å². The van der Waals surface area contributed by atoms with E-state index in [1.54, 1.807) is 51.1 Å². The SMILES string of the molecule is C[C@@H]1[C@H]2N(C(=O)CN(C)N2C(=O)NCc2ccccc2)[C@@H](Cc2ccc(O)cc2)C(=O)N1Cc1cccc2ccccc12. The van der Waals surface area contributed by atoms with Crippen molar-refractivity contribution < 1.29 is 19.5 Å².